The molecule has 0 atom stereocenters. The molecule has 0 saturated carbocycles. The van der Waals surface area contributed by atoms with E-state index in [1.54, 1.807) is 0 Å². The van der Waals surface area contributed by atoms with Crippen LogP contribution in [0.4, 0.5) is 14.9 Å². The van der Waals surface area contributed by atoms with Crippen molar-refractivity contribution in [3.8, 4) is 0 Å². The second-order valence-electron chi connectivity index (χ2n) is 3.28. The van der Waals surface area contributed by atoms with E-state index in [-0.39, 0.29) is 24.3 Å². The monoisotopic (exact) mass is 240 g/mol. The Hall–Kier alpha value is -2.31. The van der Waals surface area contributed by atoms with E-state index in [0.717, 1.165) is 6.07 Å². The molecule has 7 heteroatoms. The molecule has 1 rings (SSSR count). The summed E-state index contributed by atoms with van der Waals surface area (Å²) in [5, 5.41) is 4.76. The van der Waals surface area contributed by atoms with E-state index < -0.39 is 17.8 Å². The maximum atomic E-state index is 12.9. The molecule has 6 nitrogen and oxygen atoms in total. The molecule has 0 unspecified atom stereocenters. The van der Waals surface area contributed by atoms with Crippen molar-refractivity contribution in [3.05, 3.63) is 29.6 Å². The molecule has 0 heterocycles. The summed E-state index contributed by atoms with van der Waals surface area (Å²) in [6.45, 7) is 0.369. The lowest BCUT2D eigenvalue weighted by molar-refractivity contribution is 0.0954. The van der Waals surface area contributed by atoms with Crippen molar-refractivity contribution in [2.24, 2.45) is 5.73 Å². The predicted molar refractivity (Wildman–Crippen MR) is 60.7 cm³/mol. The predicted octanol–water partition coefficient (Wildman–Crippen LogP) is -0.194. The SMILES string of the molecule is NC(=O)NCCNC(=O)c1cc(F)ccc1N. The zero-order chi connectivity index (χ0) is 12.8. The van der Waals surface area contributed by atoms with Gasteiger partial charge >= 0.3 is 6.03 Å². The van der Waals surface area contributed by atoms with Crippen LogP contribution in [-0.4, -0.2) is 25.0 Å². The molecule has 0 radical (unpaired) electrons. The van der Waals surface area contributed by atoms with E-state index in [1.165, 1.54) is 12.1 Å². The summed E-state index contributed by atoms with van der Waals surface area (Å²) in [4.78, 5) is 21.9. The molecule has 6 N–H and O–H groups in total. The number of anilines is 1. The van der Waals surface area contributed by atoms with Crippen molar-refractivity contribution in [1.82, 2.24) is 10.6 Å². The van der Waals surface area contributed by atoms with Crippen LogP contribution < -0.4 is 22.1 Å². The molecule has 0 bridgehead atoms. The molecule has 3 amide bonds. The number of carbonyl (C=O) groups is 2. The van der Waals surface area contributed by atoms with Gasteiger partial charge in [-0.05, 0) is 18.2 Å². The second kappa shape index (κ2) is 5.69. The number of halogens is 1. The number of hydrogen-bond donors (Lipinski definition) is 4. The lowest BCUT2D eigenvalue weighted by Gasteiger charge is -2.07. The van der Waals surface area contributed by atoms with Crippen LogP contribution >= 0.6 is 0 Å². The van der Waals surface area contributed by atoms with Gasteiger partial charge in [0.25, 0.3) is 5.91 Å². The molecular weight excluding hydrogens is 227 g/mol. The minimum Gasteiger partial charge on any atom is -0.398 e. The first-order valence-corrected chi connectivity index (χ1v) is 4.87. The zero-order valence-electron chi connectivity index (χ0n) is 9.00. The van der Waals surface area contributed by atoms with Gasteiger partial charge < -0.3 is 22.1 Å². The molecule has 0 fully saturated rings. The van der Waals surface area contributed by atoms with E-state index in [4.69, 9.17) is 11.5 Å². The Morgan fingerprint density at radius 3 is 2.53 bits per heavy atom. The fourth-order valence-corrected chi connectivity index (χ4v) is 1.18. The van der Waals surface area contributed by atoms with Crippen LogP contribution in [0.25, 0.3) is 0 Å². The van der Waals surface area contributed by atoms with Crippen LogP contribution in [0, 0.1) is 5.82 Å². The smallest absolute Gasteiger partial charge is 0.312 e. The summed E-state index contributed by atoms with van der Waals surface area (Å²) in [6.07, 6.45) is 0. The summed E-state index contributed by atoms with van der Waals surface area (Å²) in [5.41, 5.74) is 10.6. The van der Waals surface area contributed by atoms with Crippen LogP contribution in [0.2, 0.25) is 0 Å². The van der Waals surface area contributed by atoms with Crippen LogP contribution in [0.15, 0.2) is 18.2 Å². The Bertz CT molecular complexity index is 436. The highest BCUT2D eigenvalue weighted by Gasteiger charge is 2.09. The lowest BCUT2D eigenvalue weighted by Crippen LogP contribution is -2.37. The number of hydrogen-bond acceptors (Lipinski definition) is 3. The molecule has 1 aromatic rings. The van der Waals surface area contributed by atoms with Crippen molar-refractivity contribution in [2.75, 3.05) is 18.8 Å². The highest BCUT2D eigenvalue weighted by atomic mass is 19.1. The van der Waals surface area contributed by atoms with Crippen molar-refractivity contribution in [1.29, 1.82) is 0 Å². The van der Waals surface area contributed by atoms with Gasteiger partial charge in [-0.25, -0.2) is 9.18 Å². The Morgan fingerprint density at radius 2 is 1.88 bits per heavy atom. The van der Waals surface area contributed by atoms with E-state index in [2.05, 4.69) is 10.6 Å². The van der Waals surface area contributed by atoms with Crippen LogP contribution in [-0.2, 0) is 0 Å². The van der Waals surface area contributed by atoms with E-state index >= 15 is 0 Å². The maximum absolute atomic E-state index is 12.9. The molecule has 0 spiro atoms. The molecule has 0 aromatic heterocycles. The Kier molecular flexibility index (Phi) is 4.27. The van der Waals surface area contributed by atoms with Crippen molar-refractivity contribution in [2.45, 2.75) is 0 Å². The summed E-state index contributed by atoms with van der Waals surface area (Å²) < 4.78 is 12.9. The largest absolute Gasteiger partial charge is 0.398 e. The first kappa shape index (κ1) is 12.8. The van der Waals surface area contributed by atoms with Crippen LogP contribution in [0.3, 0.4) is 0 Å². The Morgan fingerprint density at radius 1 is 1.24 bits per heavy atom. The average molecular weight is 240 g/mol. The number of nitrogen functional groups attached to an aromatic ring is 1. The van der Waals surface area contributed by atoms with Crippen molar-refractivity contribution < 1.29 is 14.0 Å². The number of benzene rings is 1. The molecule has 0 saturated heterocycles. The fourth-order valence-electron chi connectivity index (χ4n) is 1.18. The molecular formula is C10H13FN4O2. The standard InChI is InChI=1S/C10H13FN4O2/c11-6-1-2-8(12)7(5-6)9(16)14-3-4-15-10(13)17/h1-2,5H,3-4,12H2,(H,14,16)(H3,13,15,17). The number of rotatable bonds is 4. The third-order valence-electron chi connectivity index (χ3n) is 1.97. The Labute approximate surface area is 97.2 Å². The zero-order valence-corrected chi connectivity index (χ0v) is 9.00. The first-order chi connectivity index (χ1) is 8.00. The van der Waals surface area contributed by atoms with Crippen LogP contribution in [0.5, 0.6) is 0 Å². The highest BCUT2D eigenvalue weighted by Crippen LogP contribution is 2.12. The topological polar surface area (TPSA) is 110 Å². The first-order valence-electron chi connectivity index (χ1n) is 4.87. The number of nitrogens with one attached hydrogen (secondary N) is 2. The van der Waals surface area contributed by atoms with Gasteiger partial charge in [0, 0.05) is 18.8 Å². The number of urea groups is 1. The van der Waals surface area contributed by atoms with Gasteiger partial charge in [-0.2, -0.15) is 0 Å². The van der Waals surface area contributed by atoms with Crippen molar-refractivity contribution >= 4 is 17.6 Å². The summed E-state index contributed by atoms with van der Waals surface area (Å²) in [6, 6.07) is 2.85. The Balaban J connectivity index is 2.52. The third kappa shape index (κ3) is 3.98. The van der Waals surface area contributed by atoms with Gasteiger partial charge in [0.1, 0.15) is 5.82 Å². The van der Waals surface area contributed by atoms with Gasteiger partial charge in [0.05, 0.1) is 5.56 Å². The normalized spacial score (nSPS) is 9.71. The number of nitrogens with two attached hydrogens (primary N) is 2. The number of amides is 3. The number of carbonyl (C=O) groups excluding carboxylic acids is 2. The van der Waals surface area contributed by atoms with Gasteiger partial charge in [-0.3, -0.25) is 4.79 Å². The van der Waals surface area contributed by atoms with Gasteiger partial charge in [0.2, 0.25) is 0 Å². The second-order valence-corrected chi connectivity index (χ2v) is 3.28. The number of primary amides is 1. The van der Waals surface area contributed by atoms with E-state index in [1.807, 2.05) is 0 Å². The summed E-state index contributed by atoms with van der Waals surface area (Å²) in [5.74, 6) is -1.05. The van der Waals surface area contributed by atoms with Crippen molar-refractivity contribution in [3.63, 3.8) is 0 Å². The van der Waals surface area contributed by atoms with Gasteiger partial charge in [-0.1, -0.05) is 0 Å². The molecule has 1 aromatic carbocycles. The molecule has 0 aliphatic carbocycles. The quantitative estimate of drug-likeness (QED) is 0.432. The molecule has 0 aliphatic rings. The minimum atomic E-state index is -0.676. The average Bonchev–Trinajstić information content (AvgIpc) is 2.27. The fraction of sp³-hybridized carbons (Fsp3) is 0.200. The molecule has 17 heavy (non-hydrogen) atoms. The highest BCUT2D eigenvalue weighted by molar-refractivity contribution is 5.99. The van der Waals surface area contributed by atoms with E-state index in [9.17, 15) is 14.0 Å². The van der Waals surface area contributed by atoms with Gasteiger partial charge in [-0.15, -0.1) is 0 Å². The summed E-state index contributed by atoms with van der Waals surface area (Å²) in [7, 11) is 0. The minimum absolute atomic E-state index is 0.0593. The lowest BCUT2D eigenvalue weighted by atomic mass is 10.1. The maximum Gasteiger partial charge on any atom is 0.312 e. The van der Waals surface area contributed by atoms with E-state index in [0.29, 0.717) is 0 Å². The van der Waals surface area contributed by atoms with Gasteiger partial charge in [0.15, 0.2) is 0 Å². The summed E-state index contributed by atoms with van der Waals surface area (Å²) >= 11 is 0. The van der Waals surface area contributed by atoms with Crippen LogP contribution in [0.1, 0.15) is 10.4 Å². The molecule has 92 valence electrons. The molecule has 0 aliphatic heterocycles. The third-order valence-corrected chi connectivity index (χ3v) is 1.97.